The molecular formula is C20H20N2O5. The molecule has 2 aromatic rings. The van der Waals surface area contributed by atoms with Gasteiger partial charge in [0.2, 0.25) is 0 Å². The Labute approximate surface area is 156 Å². The van der Waals surface area contributed by atoms with Crippen molar-refractivity contribution in [3.05, 3.63) is 75.3 Å². The highest BCUT2D eigenvalue weighted by atomic mass is 16.6. The van der Waals surface area contributed by atoms with Crippen LogP contribution in [0.3, 0.4) is 0 Å². The van der Waals surface area contributed by atoms with Gasteiger partial charge in [-0.3, -0.25) is 14.9 Å². The number of nitro groups is 1. The number of hydrogen-bond acceptors (Lipinski definition) is 4. The van der Waals surface area contributed by atoms with Crippen molar-refractivity contribution in [1.82, 2.24) is 4.90 Å². The minimum atomic E-state index is -0.936. The van der Waals surface area contributed by atoms with Gasteiger partial charge in [-0.25, -0.2) is 4.79 Å². The van der Waals surface area contributed by atoms with E-state index in [1.165, 1.54) is 12.1 Å². The van der Waals surface area contributed by atoms with Gasteiger partial charge in [-0.2, -0.15) is 0 Å². The normalized spacial score (nSPS) is 14.7. The fraction of sp³-hybridized carbons (Fsp3) is 0.300. The predicted molar refractivity (Wildman–Crippen MR) is 98.8 cm³/mol. The second-order valence-corrected chi connectivity index (χ2v) is 6.68. The number of nitro benzene ring substituents is 1. The molecule has 0 saturated carbocycles. The molecule has 2 aromatic carbocycles. The van der Waals surface area contributed by atoms with Crippen molar-refractivity contribution in [1.29, 1.82) is 0 Å². The van der Waals surface area contributed by atoms with Crippen molar-refractivity contribution in [2.24, 2.45) is 5.92 Å². The molecule has 1 fully saturated rings. The van der Waals surface area contributed by atoms with Gasteiger partial charge in [-0.05, 0) is 42.9 Å². The maximum Gasteiger partial charge on any atom is 0.335 e. The predicted octanol–water partition coefficient (Wildman–Crippen LogP) is 3.39. The number of nitrogens with zero attached hydrogens (tertiary/aromatic N) is 2. The smallest absolute Gasteiger partial charge is 0.335 e. The lowest BCUT2D eigenvalue weighted by Crippen LogP contribution is -2.39. The monoisotopic (exact) mass is 368 g/mol. The molecule has 7 nitrogen and oxygen atoms in total. The summed E-state index contributed by atoms with van der Waals surface area (Å²) >= 11 is 0. The van der Waals surface area contributed by atoms with Crippen LogP contribution < -0.4 is 0 Å². The Kier molecular flexibility index (Phi) is 5.49. The molecule has 1 N–H and O–H groups in total. The van der Waals surface area contributed by atoms with Crippen LogP contribution in [0.25, 0.3) is 0 Å². The molecule has 7 heteroatoms. The molecule has 27 heavy (non-hydrogen) atoms. The summed E-state index contributed by atoms with van der Waals surface area (Å²) < 4.78 is 0. The molecule has 0 atom stereocenters. The van der Waals surface area contributed by atoms with Crippen LogP contribution in [0.15, 0.2) is 48.5 Å². The number of piperidine rings is 1. The molecule has 0 aliphatic carbocycles. The molecule has 1 aliphatic rings. The van der Waals surface area contributed by atoms with Crippen LogP contribution >= 0.6 is 0 Å². The molecule has 140 valence electrons. The summed E-state index contributed by atoms with van der Waals surface area (Å²) in [6.45, 7) is 1.01. The van der Waals surface area contributed by atoms with Crippen LogP contribution in [0.1, 0.15) is 39.1 Å². The van der Waals surface area contributed by atoms with Crippen molar-refractivity contribution >= 4 is 17.6 Å². The number of rotatable bonds is 5. The highest BCUT2D eigenvalue weighted by Gasteiger charge is 2.28. The number of hydrogen-bond donors (Lipinski definition) is 1. The number of carboxylic acids is 1. The second kappa shape index (κ2) is 7.99. The molecule has 1 saturated heterocycles. The van der Waals surface area contributed by atoms with Crippen LogP contribution in [0, 0.1) is 16.0 Å². The van der Waals surface area contributed by atoms with Gasteiger partial charge >= 0.3 is 5.97 Å². The Bertz CT molecular complexity index is 872. The number of likely N-dealkylation sites (tertiary alicyclic amines) is 1. The number of carbonyl (C=O) groups excluding carboxylic acids is 1. The molecular weight excluding hydrogens is 348 g/mol. The van der Waals surface area contributed by atoms with Crippen LogP contribution in [-0.4, -0.2) is 39.9 Å². The van der Waals surface area contributed by atoms with Crippen molar-refractivity contribution in [2.45, 2.75) is 19.3 Å². The lowest BCUT2D eigenvalue weighted by atomic mass is 9.88. The zero-order chi connectivity index (χ0) is 19.4. The van der Waals surface area contributed by atoms with Crippen LogP contribution in [0.2, 0.25) is 0 Å². The van der Waals surface area contributed by atoms with E-state index < -0.39 is 10.9 Å². The van der Waals surface area contributed by atoms with E-state index in [-0.39, 0.29) is 23.1 Å². The molecule has 1 heterocycles. The van der Waals surface area contributed by atoms with Gasteiger partial charge in [-0.15, -0.1) is 0 Å². The van der Waals surface area contributed by atoms with Crippen molar-refractivity contribution in [3.8, 4) is 0 Å². The van der Waals surface area contributed by atoms with Crippen LogP contribution in [0.5, 0.6) is 0 Å². The zero-order valence-corrected chi connectivity index (χ0v) is 14.7. The summed E-state index contributed by atoms with van der Waals surface area (Å²) in [6.07, 6.45) is 2.12. The number of amides is 1. The highest BCUT2D eigenvalue weighted by molar-refractivity contribution is 5.98. The second-order valence-electron chi connectivity index (χ2n) is 6.68. The quantitative estimate of drug-likeness (QED) is 0.644. The maximum absolute atomic E-state index is 12.7. The molecule has 0 radical (unpaired) electrons. The van der Waals surface area contributed by atoms with Gasteiger partial charge in [0.1, 0.15) is 5.56 Å². The number of benzene rings is 2. The summed E-state index contributed by atoms with van der Waals surface area (Å²) in [5.74, 6) is -0.985. The zero-order valence-electron chi connectivity index (χ0n) is 14.7. The highest BCUT2D eigenvalue weighted by Crippen LogP contribution is 2.26. The maximum atomic E-state index is 12.7. The van der Waals surface area contributed by atoms with E-state index in [1.54, 1.807) is 29.2 Å². The van der Waals surface area contributed by atoms with Crippen molar-refractivity contribution in [3.63, 3.8) is 0 Å². The third-order valence-electron chi connectivity index (χ3n) is 4.99. The van der Waals surface area contributed by atoms with E-state index in [4.69, 9.17) is 0 Å². The van der Waals surface area contributed by atoms with E-state index in [2.05, 4.69) is 0 Å². The molecule has 3 rings (SSSR count). The van der Waals surface area contributed by atoms with Crippen molar-refractivity contribution in [2.75, 3.05) is 13.1 Å². The summed E-state index contributed by atoms with van der Waals surface area (Å²) in [7, 11) is 0. The largest absolute Gasteiger partial charge is 0.478 e. The molecule has 1 aliphatic heterocycles. The fourth-order valence-electron chi connectivity index (χ4n) is 3.54. The van der Waals surface area contributed by atoms with E-state index in [0.29, 0.717) is 25.1 Å². The Morgan fingerprint density at radius 1 is 1.04 bits per heavy atom. The van der Waals surface area contributed by atoms with Gasteiger partial charge in [0.25, 0.3) is 11.6 Å². The molecule has 0 aromatic heterocycles. The van der Waals surface area contributed by atoms with E-state index in [0.717, 1.165) is 18.4 Å². The van der Waals surface area contributed by atoms with Crippen molar-refractivity contribution < 1.29 is 19.6 Å². The third kappa shape index (κ3) is 4.13. The van der Waals surface area contributed by atoms with Gasteiger partial charge in [0.05, 0.1) is 10.5 Å². The molecule has 0 unspecified atom stereocenters. The standard InChI is InChI=1S/C20H20N2O5/c23-19(17-7-3-4-8-18(17)22(26)27)21-11-9-14(10-12-21)13-15-5-1-2-6-16(15)20(24)25/h1-8,14H,9-13H2,(H,24,25). The Hall–Kier alpha value is -3.22. The molecule has 1 amide bonds. The Morgan fingerprint density at radius 3 is 2.26 bits per heavy atom. The average Bonchev–Trinajstić information content (AvgIpc) is 2.68. The minimum absolute atomic E-state index is 0.108. The first kappa shape index (κ1) is 18.6. The fourth-order valence-corrected chi connectivity index (χ4v) is 3.54. The SMILES string of the molecule is O=C(O)c1ccccc1CC1CCN(C(=O)c2ccccc2[N+](=O)[O-])CC1. The Balaban J connectivity index is 1.65. The minimum Gasteiger partial charge on any atom is -0.478 e. The Morgan fingerprint density at radius 2 is 1.63 bits per heavy atom. The molecule has 0 spiro atoms. The van der Waals surface area contributed by atoms with Gasteiger partial charge in [0.15, 0.2) is 0 Å². The number of carboxylic acid groups (broad SMARTS) is 1. The first-order valence-corrected chi connectivity index (χ1v) is 8.81. The summed E-state index contributed by atoms with van der Waals surface area (Å²) in [5, 5.41) is 20.4. The first-order chi connectivity index (χ1) is 13.0. The van der Waals surface area contributed by atoms with Gasteiger partial charge < -0.3 is 10.0 Å². The number of aromatic carboxylic acids is 1. The van der Waals surface area contributed by atoms with Crippen LogP contribution in [0.4, 0.5) is 5.69 Å². The first-order valence-electron chi connectivity index (χ1n) is 8.81. The van der Waals surface area contributed by atoms with Gasteiger partial charge in [-0.1, -0.05) is 30.3 Å². The van der Waals surface area contributed by atoms with Gasteiger partial charge in [0, 0.05) is 19.2 Å². The molecule has 0 bridgehead atoms. The third-order valence-corrected chi connectivity index (χ3v) is 4.99. The summed E-state index contributed by atoms with van der Waals surface area (Å²) in [5.41, 5.74) is 1.04. The lowest BCUT2D eigenvalue weighted by Gasteiger charge is -2.32. The van der Waals surface area contributed by atoms with E-state index in [9.17, 15) is 24.8 Å². The van der Waals surface area contributed by atoms with E-state index >= 15 is 0 Å². The van der Waals surface area contributed by atoms with Crippen LogP contribution in [-0.2, 0) is 6.42 Å². The van der Waals surface area contributed by atoms with E-state index in [1.807, 2.05) is 12.1 Å². The number of carbonyl (C=O) groups is 2. The summed E-state index contributed by atoms with van der Waals surface area (Å²) in [6, 6.07) is 12.9. The average molecular weight is 368 g/mol. The lowest BCUT2D eigenvalue weighted by molar-refractivity contribution is -0.385. The number of para-hydroxylation sites is 1. The topological polar surface area (TPSA) is 101 Å². The summed E-state index contributed by atoms with van der Waals surface area (Å²) in [4.78, 5) is 36.3.